The molecule has 0 bridgehead atoms. The van der Waals surface area contributed by atoms with Crippen LogP contribution in [0.5, 0.6) is 11.5 Å². The molecular formula is C13H14N4O4. The number of aromatic nitrogens is 1. The van der Waals surface area contributed by atoms with E-state index < -0.39 is 4.92 Å². The van der Waals surface area contributed by atoms with E-state index in [0.717, 1.165) is 0 Å². The summed E-state index contributed by atoms with van der Waals surface area (Å²) in [5, 5.41) is 11.0. The highest BCUT2D eigenvalue weighted by molar-refractivity contribution is 5.51. The number of nitrogen functional groups attached to an aromatic ring is 1. The predicted octanol–water partition coefficient (Wildman–Crippen LogP) is 1.86. The van der Waals surface area contributed by atoms with E-state index in [4.69, 9.17) is 15.3 Å². The van der Waals surface area contributed by atoms with E-state index in [-0.39, 0.29) is 18.0 Å². The van der Waals surface area contributed by atoms with Crippen molar-refractivity contribution in [1.29, 1.82) is 0 Å². The van der Waals surface area contributed by atoms with E-state index >= 15 is 0 Å². The van der Waals surface area contributed by atoms with Crippen molar-refractivity contribution >= 4 is 11.5 Å². The summed E-state index contributed by atoms with van der Waals surface area (Å²) in [6.07, 6.45) is 1.58. The van der Waals surface area contributed by atoms with Gasteiger partial charge in [0, 0.05) is 11.8 Å². The van der Waals surface area contributed by atoms with Crippen LogP contribution in [0.1, 0.15) is 5.56 Å². The Hall–Kier alpha value is -2.87. The first-order valence-electron chi connectivity index (χ1n) is 6.01. The fourth-order valence-corrected chi connectivity index (χ4v) is 1.73. The number of nitro benzene ring substituents is 1. The first-order chi connectivity index (χ1) is 10.2. The number of nitrogens with zero attached hydrogens (tertiary/aromatic N) is 2. The number of hydrogen-bond acceptors (Lipinski definition) is 7. The van der Waals surface area contributed by atoms with Crippen LogP contribution in [0.15, 0.2) is 36.5 Å². The van der Waals surface area contributed by atoms with Crippen LogP contribution >= 0.6 is 0 Å². The Balaban J connectivity index is 2.21. The smallest absolute Gasteiger partial charge is 0.314 e. The van der Waals surface area contributed by atoms with Crippen molar-refractivity contribution in [3.05, 3.63) is 52.2 Å². The molecule has 1 aromatic heterocycles. The van der Waals surface area contributed by atoms with Gasteiger partial charge >= 0.3 is 5.69 Å². The monoisotopic (exact) mass is 290 g/mol. The second kappa shape index (κ2) is 6.53. The highest BCUT2D eigenvalue weighted by Crippen LogP contribution is 2.31. The minimum Gasteiger partial charge on any atom is -0.496 e. The highest BCUT2D eigenvalue weighted by Gasteiger charge is 2.17. The summed E-state index contributed by atoms with van der Waals surface area (Å²) in [6.45, 7) is 0.0978. The summed E-state index contributed by atoms with van der Waals surface area (Å²) in [4.78, 5) is 14.5. The quantitative estimate of drug-likeness (QED) is 0.474. The normalized spacial score (nSPS) is 10.0. The summed E-state index contributed by atoms with van der Waals surface area (Å²) in [6, 6.07) is 7.87. The molecular weight excluding hydrogens is 276 g/mol. The molecule has 1 aromatic carbocycles. The number of ether oxygens (including phenoxy) is 2. The Morgan fingerprint density at radius 1 is 1.43 bits per heavy atom. The van der Waals surface area contributed by atoms with Gasteiger partial charge in [0.15, 0.2) is 5.75 Å². The number of benzene rings is 1. The molecule has 8 nitrogen and oxygen atoms in total. The first-order valence-corrected chi connectivity index (χ1v) is 6.01. The van der Waals surface area contributed by atoms with Crippen molar-refractivity contribution in [2.75, 3.05) is 12.5 Å². The lowest BCUT2D eigenvalue weighted by atomic mass is 10.2. The molecule has 21 heavy (non-hydrogen) atoms. The molecule has 0 amide bonds. The molecule has 1 heterocycles. The predicted molar refractivity (Wildman–Crippen MR) is 76.0 cm³/mol. The molecule has 110 valence electrons. The number of hydrazine groups is 1. The fourth-order valence-electron chi connectivity index (χ4n) is 1.73. The van der Waals surface area contributed by atoms with E-state index in [9.17, 15) is 10.1 Å². The van der Waals surface area contributed by atoms with Crippen molar-refractivity contribution in [2.45, 2.75) is 6.61 Å². The largest absolute Gasteiger partial charge is 0.496 e. The number of rotatable bonds is 6. The second-order valence-electron chi connectivity index (χ2n) is 4.03. The number of anilines is 1. The van der Waals surface area contributed by atoms with E-state index in [2.05, 4.69) is 10.4 Å². The van der Waals surface area contributed by atoms with E-state index in [1.165, 1.54) is 19.2 Å². The summed E-state index contributed by atoms with van der Waals surface area (Å²) in [7, 11) is 1.44. The average molecular weight is 290 g/mol. The first kappa shape index (κ1) is 14.5. The Labute approximate surface area is 120 Å². The van der Waals surface area contributed by atoms with Crippen molar-refractivity contribution in [2.24, 2.45) is 5.84 Å². The Morgan fingerprint density at radius 2 is 2.24 bits per heavy atom. The van der Waals surface area contributed by atoms with E-state index in [1.54, 1.807) is 24.4 Å². The van der Waals surface area contributed by atoms with E-state index in [1.807, 2.05) is 0 Å². The third-order valence-electron chi connectivity index (χ3n) is 2.77. The van der Waals surface area contributed by atoms with Crippen LogP contribution in [-0.4, -0.2) is 17.0 Å². The third-order valence-corrected chi connectivity index (χ3v) is 2.77. The van der Waals surface area contributed by atoms with Crippen LogP contribution in [-0.2, 0) is 6.61 Å². The molecule has 0 unspecified atom stereocenters. The molecule has 2 rings (SSSR count). The molecule has 0 radical (unpaired) electrons. The van der Waals surface area contributed by atoms with Crippen LogP contribution in [0.2, 0.25) is 0 Å². The van der Waals surface area contributed by atoms with Gasteiger partial charge in [0.25, 0.3) is 0 Å². The zero-order chi connectivity index (χ0) is 15.2. The number of hydrogen-bond donors (Lipinski definition) is 2. The number of nitrogens with two attached hydrogens (primary N) is 1. The molecule has 0 fully saturated rings. The van der Waals surface area contributed by atoms with Crippen LogP contribution in [0.4, 0.5) is 11.5 Å². The van der Waals surface area contributed by atoms with Gasteiger partial charge in [-0.15, -0.1) is 0 Å². The van der Waals surface area contributed by atoms with Crippen molar-refractivity contribution in [3.63, 3.8) is 0 Å². The van der Waals surface area contributed by atoms with Crippen molar-refractivity contribution in [3.8, 4) is 11.5 Å². The maximum absolute atomic E-state index is 11.0. The van der Waals surface area contributed by atoms with Gasteiger partial charge in [-0.05, 0) is 18.2 Å². The van der Waals surface area contributed by atoms with Gasteiger partial charge in [0.1, 0.15) is 18.2 Å². The van der Waals surface area contributed by atoms with Gasteiger partial charge in [-0.25, -0.2) is 10.8 Å². The molecule has 0 spiro atoms. The molecule has 3 N–H and O–H groups in total. The highest BCUT2D eigenvalue weighted by atomic mass is 16.6. The summed E-state index contributed by atoms with van der Waals surface area (Å²) in [5.41, 5.74) is 2.96. The molecule has 2 aromatic rings. The Bertz CT molecular complexity index is 648. The number of pyridine rings is 1. The van der Waals surface area contributed by atoms with Gasteiger partial charge in [0.2, 0.25) is 0 Å². The van der Waals surface area contributed by atoms with Crippen molar-refractivity contribution < 1.29 is 14.4 Å². The fraction of sp³-hybridized carbons (Fsp3) is 0.154. The average Bonchev–Trinajstić information content (AvgIpc) is 2.52. The Kier molecular flexibility index (Phi) is 4.52. The van der Waals surface area contributed by atoms with Crippen molar-refractivity contribution in [1.82, 2.24) is 4.98 Å². The Morgan fingerprint density at radius 3 is 2.90 bits per heavy atom. The van der Waals surface area contributed by atoms with Crippen LogP contribution in [0, 0.1) is 10.1 Å². The van der Waals surface area contributed by atoms with Crippen LogP contribution in [0.3, 0.4) is 0 Å². The van der Waals surface area contributed by atoms with Crippen LogP contribution in [0.25, 0.3) is 0 Å². The SMILES string of the molecule is COc1ccc(OCc2cccnc2NN)c([N+](=O)[O-])c1. The molecule has 0 saturated heterocycles. The van der Waals surface area contributed by atoms with Crippen LogP contribution < -0.4 is 20.7 Å². The standard InChI is InChI=1S/C13H14N4O4/c1-20-10-4-5-12(11(7-10)17(18)19)21-8-9-3-2-6-15-13(9)16-14/h2-7H,8,14H2,1H3,(H,15,16). The summed E-state index contributed by atoms with van der Waals surface area (Å²) < 4.78 is 10.5. The maximum Gasteiger partial charge on any atom is 0.314 e. The number of nitrogens with one attached hydrogen (secondary N) is 1. The summed E-state index contributed by atoms with van der Waals surface area (Å²) in [5.74, 6) is 6.33. The molecule has 0 saturated carbocycles. The molecule has 8 heteroatoms. The molecule has 0 aliphatic rings. The zero-order valence-electron chi connectivity index (χ0n) is 11.3. The lowest BCUT2D eigenvalue weighted by molar-refractivity contribution is -0.386. The lowest BCUT2D eigenvalue weighted by Gasteiger charge is -2.10. The minimum atomic E-state index is -0.525. The van der Waals surface area contributed by atoms with E-state index in [0.29, 0.717) is 17.1 Å². The third kappa shape index (κ3) is 3.37. The minimum absolute atomic E-state index is 0.0978. The molecule has 0 aliphatic heterocycles. The van der Waals surface area contributed by atoms with Gasteiger partial charge < -0.3 is 14.9 Å². The maximum atomic E-state index is 11.0. The summed E-state index contributed by atoms with van der Waals surface area (Å²) >= 11 is 0. The molecule has 0 atom stereocenters. The zero-order valence-corrected chi connectivity index (χ0v) is 11.3. The number of nitro groups is 1. The second-order valence-corrected chi connectivity index (χ2v) is 4.03. The van der Waals surface area contributed by atoms with Gasteiger partial charge in [0.05, 0.1) is 18.1 Å². The number of methoxy groups -OCH3 is 1. The lowest BCUT2D eigenvalue weighted by Crippen LogP contribution is -2.12. The van der Waals surface area contributed by atoms with Gasteiger partial charge in [-0.1, -0.05) is 6.07 Å². The molecule has 0 aliphatic carbocycles. The van der Waals surface area contributed by atoms with Gasteiger partial charge in [-0.3, -0.25) is 10.1 Å². The van der Waals surface area contributed by atoms with Gasteiger partial charge in [-0.2, -0.15) is 0 Å². The topological polar surface area (TPSA) is 113 Å².